The molecule has 3 N–H and O–H groups in total. The first-order valence-corrected chi connectivity index (χ1v) is 7.32. The summed E-state index contributed by atoms with van der Waals surface area (Å²) < 4.78 is 6.13. The molecule has 1 aromatic carbocycles. The summed E-state index contributed by atoms with van der Waals surface area (Å²) in [5.74, 6) is 1.03. The van der Waals surface area contributed by atoms with Crippen molar-refractivity contribution in [2.45, 2.75) is 31.9 Å². The largest absolute Gasteiger partial charge is 0.487 e. The van der Waals surface area contributed by atoms with Crippen molar-refractivity contribution in [3.63, 3.8) is 0 Å². The normalized spacial score (nSPS) is 17.9. The molecule has 0 spiro atoms. The predicted octanol–water partition coefficient (Wildman–Crippen LogP) is 1.55. The minimum absolute atomic E-state index is 0.110. The molecule has 1 atom stereocenters. The Bertz CT molecular complexity index is 457. The number of para-hydroxylation sites is 1. The van der Waals surface area contributed by atoms with Crippen molar-refractivity contribution in [1.29, 1.82) is 0 Å². The van der Waals surface area contributed by atoms with Crippen LogP contribution in [0.5, 0.6) is 5.75 Å². The van der Waals surface area contributed by atoms with Gasteiger partial charge in [-0.2, -0.15) is 0 Å². The van der Waals surface area contributed by atoms with Crippen LogP contribution in [0.4, 0.5) is 0 Å². The third-order valence-electron chi connectivity index (χ3n) is 3.68. The molecule has 4 nitrogen and oxygen atoms in total. The fourth-order valence-corrected chi connectivity index (χ4v) is 2.70. The van der Waals surface area contributed by atoms with Gasteiger partial charge in [-0.25, -0.2) is 0 Å². The van der Waals surface area contributed by atoms with Crippen molar-refractivity contribution in [3.05, 3.63) is 29.3 Å². The maximum Gasteiger partial charge on any atom is 0.128 e. The molecule has 0 amide bonds. The first kappa shape index (κ1) is 15.3. The summed E-state index contributed by atoms with van der Waals surface area (Å²) in [4.78, 5) is 2.16. The van der Waals surface area contributed by atoms with Crippen molar-refractivity contribution in [2.75, 3.05) is 33.7 Å². The highest BCUT2D eigenvalue weighted by Gasteiger charge is 2.32. The van der Waals surface area contributed by atoms with Crippen LogP contribution >= 0.6 is 0 Å². The van der Waals surface area contributed by atoms with E-state index in [0.29, 0.717) is 6.54 Å². The van der Waals surface area contributed by atoms with Crippen LogP contribution in [0.25, 0.3) is 0 Å². The predicted molar refractivity (Wildman–Crippen MR) is 83.2 cm³/mol. The Morgan fingerprint density at radius 3 is 2.80 bits per heavy atom. The molecular formula is C16H27N3O. The first-order valence-electron chi connectivity index (χ1n) is 7.32. The van der Waals surface area contributed by atoms with E-state index >= 15 is 0 Å². The molecule has 112 valence electrons. The Morgan fingerprint density at radius 1 is 1.40 bits per heavy atom. The number of hydrogen-bond acceptors (Lipinski definition) is 4. The van der Waals surface area contributed by atoms with E-state index in [-0.39, 0.29) is 11.6 Å². The topological polar surface area (TPSA) is 50.5 Å². The molecule has 1 heterocycles. The fraction of sp³-hybridized carbons (Fsp3) is 0.625. The highest BCUT2D eigenvalue weighted by Crippen LogP contribution is 2.39. The van der Waals surface area contributed by atoms with E-state index in [2.05, 4.69) is 56.4 Å². The molecule has 1 unspecified atom stereocenters. The SMILES string of the molecule is CN(C)CCNC(CN)c1cccc2c1OC(C)(C)C2. The van der Waals surface area contributed by atoms with Gasteiger partial charge in [-0.3, -0.25) is 0 Å². The smallest absolute Gasteiger partial charge is 0.128 e. The van der Waals surface area contributed by atoms with Crippen LogP contribution in [-0.2, 0) is 6.42 Å². The fourth-order valence-electron chi connectivity index (χ4n) is 2.70. The zero-order valence-corrected chi connectivity index (χ0v) is 13.1. The molecule has 0 aromatic heterocycles. The van der Waals surface area contributed by atoms with E-state index in [1.165, 1.54) is 11.1 Å². The summed E-state index contributed by atoms with van der Waals surface area (Å²) >= 11 is 0. The highest BCUT2D eigenvalue weighted by molar-refractivity contribution is 5.47. The quantitative estimate of drug-likeness (QED) is 0.828. The maximum atomic E-state index is 6.13. The number of ether oxygens (including phenoxy) is 1. The Kier molecular flexibility index (Phi) is 4.68. The van der Waals surface area contributed by atoms with Gasteiger partial charge < -0.3 is 20.7 Å². The molecule has 0 saturated carbocycles. The summed E-state index contributed by atoms with van der Waals surface area (Å²) in [5, 5.41) is 3.53. The third-order valence-corrected chi connectivity index (χ3v) is 3.68. The van der Waals surface area contributed by atoms with Gasteiger partial charge in [0.15, 0.2) is 0 Å². The first-order chi connectivity index (χ1) is 9.43. The standard InChI is InChI=1S/C16H27N3O/c1-16(2)10-12-6-5-7-13(15(12)20-16)14(11-17)18-8-9-19(3)4/h5-7,14,18H,8-11,17H2,1-4H3. The van der Waals surface area contributed by atoms with E-state index in [0.717, 1.165) is 25.3 Å². The second-order valence-electron chi connectivity index (χ2n) is 6.42. The Balaban J connectivity index is 2.14. The Labute approximate surface area is 122 Å². The second kappa shape index (κ2) is 6.12. The van der Waals surface area contributed by atoms with Crippen molar-refractivity contribution < 1.29 is 4.74 Å². The van der Waals surface area contributed by atoms with E-state index in [1.807, 2.05) is 0 Å². The summed E-state index contributed by atoms with van der Waals surface area (Å²) in [7, 11) is 4.15. The second-order valence-corrected chi connectivity index (χ2v) is 6.42. The molecule has 0 radical (unpaired) electrons. The van der Waals surface area contributed by atoms with Crippen molar-refractivity contribution in [2.24, 2.45) is 5.73 Å². The van der Waals surface area contributed by atoms with Crippen molar-refractivity contribution in [1.82, 2.24) is 10.2 Å². The van der Waals surface area contributed by atoms with Gasteiger partial charge in [0, 0.05) is 37.7 Å². The van der Waals surface area contributed by atoms with Crippen LogP contribution in [0, 0.1) is 0 Å². The number of rotatable bonds is 6. The number of nitrogens with zero attached hydrogens (tertiary/aromatic N) is 1. The summed E-state index contributed by atoms with van der Waals surface area (Å²) in [6.45, 7) is 6.76. The van der Waals surface area contributed by atoms with Crippen LogP contribution in [0.2, 0.25) is 0 Å². The van der Waals surface area contributed by atoms with Gasteiger partial charge in [0.25, 0.3) is 0 Å². The lowest BCUT2D eigenvalue weighted by Gasteiger charge is -2.23. The summed E-state index contributed by atoms with van der Waals surface area (Å²) in [6, 6.07) is 6.54. The maximum absolute atomic E-state index is 6.13. The molecule has 0 bridgehead atoms. The zero-order valence-electron chi connectivity index (χ0n) is 13.1. The molecule has 1 aromatic rings. The van der Waals surface area contributed by atoms with Gasteiger partial charge in [0.2, 0.25) is 0 Å². The third kappa shape index (κ3) is 3.51. The number of likely N-dealkylation sites (N-methyl/N-ethyl adjacent to an activating group) is 1. The van der Waals surface area contributed by atoms with Gasteiger partial charge in [0.1, 0.15) is 11.4 Å². The molecule has 2 rings (SSSR count). The monoisotopic (exact) mass is 277 g/mol. The lowest BCUT2D eigenvalue weighted by molar-refractivity contribution is 0.136. The number of nitrogens with one attached hydrogen (secondary N) is 1. The van der Waals surface area contributed by atoms with Crippen LogP contribution in [0.1, 0.15) is 31.0 Å². The minimum Gasteiger partial charge on any atom is -0.487 e. The summed E-state index contributed by atoms with van der Waals surface area (Å²) in [6.07, 6.45) is 0.963. The number of nitrogens with two attached hydrogens (primary N) is 1. The highest BCUT2D eigenvalue weighted by atomic mass is 16.5. The Hall–Kier alpha value is -1.10. The molecular weight excluding hydrogens is 250 g/mol. The number of hydrogen-bond donors (Lipinski definition) is 2. The molecule has 1 aliphatic heterocycles. The van der Waals surface area contributed by atoms with Crippen molar-refractivity contribution >= 4 is 0 Å². The molecule has 20 heavy (non-hydrogen) atoms. The van der Waals surface area contributed by atoms with Gasteiger partial charge >= 0.3 is 0 Å². The van der Waals surface area contributed by atoms with E-state index in [9.17, 15) is 0 Å². The molecule has 0 aliphatic carbocycles. The molecule has 1 aliphatic rings. The van der Waals surface area contributed by atoms with Crippen molar-refractivity contribution in [3.8, 4) is 5.75 Å². The van der Waals surface area contributed by atoms with E-state index in [4.69, 9.17) is 10.5 Å². The number of benzene rings is 1. The molecule has 4 heteroatoms. The van der Waals surface area contributed by atoms with Gasteiger partial charge in [-0.05, 0) is 33.5 Å². The van der Waals surface area contributed by atoms with Crippen LogP contribution < -0.4 is 15.8 Å². The van der Waals surface area contributed by atoms with Gasteiger partial charge in [0.05, 0.1) is 0 Å². The average Bonchev–Trinajstić information content (AvgIpc) is 2.68. The Morgan fingerprint density at radius 2 is 2.15 bits per heavy atom. The average molecular weight is 277 g/mol. The van der Waals surface area contributed by atoms with Crippen LogP contribution in [0.15, 0.2) is 18.2 Å². The molecule has 0 fully saturated rings. The molecule has 0 saturated heterocycles. The lowest BCUT2D eigenvalue weighted by Crippen LogP contribution is -2.34. The van der Waals surface area contributed by atoms with E-state index in [1.54, 1.807) is 0 Å². The number of fused-ring (bicyclic) bond motifs is 1. The summed E-state index contributed by atoms with van der Waals surface area (Å²) in [5.41, 5.74) is 8.32. The van der Waals surface area contributed by atoms with Crippen LogP contribution in [0.3, 0.4) is 0 Å². The van der Waals surface area contributed by atoms with Gasteiger partial charge in [-0.15, -0.1) is 0 Å². The van der Waals surface area contributed by atoms with E-state index < -0.39 is 0 Å². The van der Waals surface area contributed by atoms with Gasteiger partial charge in [-0.1, -0.05) is 18.2 Å². The minimum atomic E-state index is -0.110. The zero-order chi connectivity index (χ0) is 14.8. The van der Waals surface area contributed by atoms with Crippen LogP contribution in [-0.4, -0.2) is 44.2 Å². The lowest BCUT2D eigenvalue weighted by atomic mass is 9.98.